The van der Waals surface area contributed by atoms with E-state index in [4.69, 9.17) is 5.73 Å². The Hall–Kier alpha value is -0.300. The van der Waals surface area contributed by atoms with Crippen LogP contribution in [0.1, 0.15) is 57.8 Å². The van der Waals surface area contributed by atoms with Gasteiger partial charge in [-0.25, -0.2) is 0 Å². The molecule has 0 aromatic heterocycles. The Morgan fingerprint density at radius 3 is 2.00 bits per heavy atom. The lowest BCUT2D eigenvalue weighted by Gasteiger charge is -2.55. The second kappa shape index (κ2) is 4.91. The molecule has 0 heterocycles. The summed E-state index contributed by atoms with van der Waals surface area (Å²) in [5, 5.41) is 0. The summed E-state index contributed by atoms with van der Waals surface area (Å²) < 4.78 is 0. The minimum atomic E-state index is 0.772. The molecule has 5 rings (SSSR count). The van der Waals surface area contributed by atoms with E-state index in [1.54, 1.807) is 32.1 Å². The van der Waals surface area contributed by atoms with Crippen LogP contribution in [-0.4, -0.2) is 6.54 Å². The van der Waals surface area contributed by atoms with E-state index in [1.807, 2.05) is 5.57 Å². The predicted molar refractivity (Wildman–Crippen MR) is 79.6 cm³/mol. The van der Waals surface area contributed by atoms with Crippen LogP contribution in [0, 0.1) is 35.5 Å². The number of hydrogen-bond donors (Lipinski definition) is 1. The van der Waals surface area contributed by atoms with Gasteiger partial charge in [-0.1, -0.05) is 24.5 Å². The monoisotopic (exact) mass is 259 g/mol. The van der Waals surface area contributed by atoms with E-state index in [2.05, 4.69) is 6.08 Å². The number of nitrogens with two attached hydrogens (primary N) is 1. The van der Waals surface area contributed by atoms with E-state index in [9.17, 15) is 0 Å². The molecule has 0 amide bonds. The fourth-order valence-corrected chi connectivity index (χ4v) is 6.44. The average Bonchev–Trinajstić information content (AvgIpc) is 2.89. The van der Waals surface area contributed by atoms with Gasteiger partial charge in [-0.05, 0) is 80.5 Å². The first-order valence-electron chi connectivity index (χ1n) is 8.75. The van der Waals surface area contributed by atoms with Crippen molar-refractivity contribution in [2.24, 2.45) is 41.2 Å². The summed E-state index contributed by atoms with van der Waals surface area (Å²) in [5.74, 6) is 6.12. The topological polar surface area (TPSA) is 26.0 Å². The molecule has 1 nitrogen and oxygen atoms in total. The zero-order chi connectivity index (χ0) is 12.8. The van der Waals surface area contributed by atoms with Crippen LogP contribution in [0.25, 0.3) is 0 Å². The van der Waals surface area contributed by atoms with Crippen molar-refractivity contribution in [3.05, 3.63) is 11.6 Å². The van der Waals surface area contributed by atoms with Crippen LogP contribution in [0.15, 0.2) is 11.6 Å². The maximum atomic E-state index is 5.91. The zero-order valence-corrected chi connectivity index (χ0v) is 12.2. The Balaban J connectivity index is 1.60. The van der Waals surface area contributed by atoms with Crippen LogP contribution < -0.4 is 5.73 Å². The highest BCUT2D eigenvalue weighted by Gasteiger charge is 2.49. The van der Waals surface area contributed by atoms with Gasteiger partial charge in [-0.2, -0.15) is 0 Å². The predicted octanol–water partition coefficient (Wildman–Crippen LogP) is 4.13. The molecule has 2 N–H and O–H groups in total. The van der Waals surface area contributed by atoms with E-state index >= 15 is 0 Å². The third-order valence-corrected chi connectivity index (χ3v) is 6.79. The fourth-order valence-electron chi connectivity index (χ4n) is 6.44. The molecule has 0 saturated heterocycles. The van der Waals surface area contributed by atoms with Gasteiger partial charge in [-0.3, -0.25) is 0 Å². The van der Waals surface area contributed by atoms with Crippen molar-refractivity contribution in [2.45, 2.75) is 57.8 Å². The molecule has 0 atom stereocenters. The van der Waals surface area contributed by atoms with Gasteiger partial charge in [0.1, 0.15) is 0 Å². The minimum absolute atomic E-state index is 0.772. The van der Waals surface area contributed by atoms with Crippen molar-refractivity contribution in [1.29, 1.82) is 0 Å². The molecular weight excluding hydrogens is 230 g/mol. The van der Waals surface area contributed by atoms with E-state index in [1.165, 1.54) is 25.7 Å². The highest BCUT2D eigenvalue weighted by molar-refractivity contribution is 5.19. The molecule has 1 heteroatoms. The summed E-state index contributed by atoms with van der Waals surface area (Å²) in [6, 6.07) is 0. The van der Waals surface area contributed by atoms with Gasteiger partial charge in [0.25, 0.3) is 0 Å². The summed E-state index contributed by atoms with van der Waals surface area (Å²) >= 11 is 0. The molecule has 19 heavy (non-hydrogen) atoms. The number of hydrogen-bond acceptors (Lipinski definition) is 1. The van der Waals surface area contributed by atoms with Gasteiger partial charge in [0, 0.05) is 6.54 Å². The van der Waals surface area contributed by atoms with Crippen LogP contribution in [-0.2, 0) is 0 Å². The first-order chi connectivity index (χ1) is 9.35. The Morgan fingerprint density at radius 1 is 0.895 bits per heavy atom. The van der Waals surface area contributed by atoms with Crippen LogP contribution in [0.3, 0.4) is 0 Å². The molecular formula is C18H29N. The normalized spacial score (nSPS) is 46.2. The summed E-state index contributed by atoms with van der Waals surface area (Å²) in [7, 11) is 0. The van der Waals surface area contributed by atoms with Crippen molar-refractivity contribution in [2.75, 3.05) is 6.54 Å². The fraction of sp³-hybridized carbons (Fsp3) is 0.889. The van der Waals surface area contributed by atoms with E-state index in [-0.39, 0.29) is 0 Å². The van der Waals surface area contributed by atoms with Crippen LogP contribution in [0.4, 0.5) is 0 Å². The highest BCUT2D eigenvalue weighted by atomic mass is 14.6. The van der Waals surface area contributed by atoms with Crippen LogP contribution >= 0.6 is 0 Å². The maximum Gasteiger partial charge on any atom is 0.0109 e. The van der Waals surface area contributed by atoms with E-state index < -0.39 is 0 Å². The molecule has 0 aromatic rings. The molecule has 0 radical (unpaired) electrons. The Bertz CT molecular complexity index is 336. The van der Waals surface area contributed by atoms with Crippen molar-refractivity contribution in [1.82, 2.24) is 0 Å². The van der Waals surface area contributed by atoms with Gasteiger partial charge in [0.2, 0.25) is 0 Å². The van der Waals surface area contributed by atoms with Crippen molar-refractivity contribution < 1.29 is 0 Å². The lowest BCUT2D eigenvalue weighted by atomic mass is 9.49. The Kier molecular flexibility index (Phi) is 3.22. The molecule has 5 aliphatic rings. The average molecular weight is 259 g/mol. The SMILES string of the molecule is NC/C=C(\C1CCCC1)C1C2CC3CC(C2)CC1C3. The van der Waals surface area contributed by atoms with E-state index in [0.29, 0.717) is 0 Å². The Morgan fingerprint density at radius 2 is 1.47 bits per heavy atom. The number of rotatable bonds is 3. The molecule has 5 saturated carbocycles. The van der Waals surface area contributed by atoms with Gasteiger partial charge < -0.3 is 5.73 Å². The van der Waals surface area contributed by atoms with Gasteiger partial charge in [0.05, 0.1) is 0 Å². The summed E-state index contributed by atoms with van der Waals surface area (Å²) in [6.45, 7) is 0.772. The molecule has 5 aliphatic carbocycles. The lowest BCUT2D eigenvalue weighted by molar-refractivity contribution is -0.0244. The molecule has 0 aliphatic heterocycles. The molecule has 5 fully saturated rings. The summed E-state index contributed by atoms with van der Waals surface area (Å²) in [4.78, 5) is 0. The van der Waals surface area contributed by atoms with Crippen LogP contribution in [0.2, 0.25) is 0 Å². The molecule has 106 valence electrons. The summed E-state index contributed by atoms with van der Waals surface area (Å²) in [6.07, 6.45) is 16.0. The van der Waals surface area contributed by atoms with Crippen molar-refractivity contribution in [3.63, 3.8) is 0 Å². The van der Waals surface area contributed by atoms with E-state index in [0.717, 1.165) is 42.1 Å². The van der Waals surface area contributed by atoms with Crippen LogP contribution in [0.5, 0.6) is 0 Å². The highest BCUT2D eigenvalue weighted by Crippen LogP contribution is 2.59. The van der Waals surface area contributed by atoms with Gasteiger partial charge in [0.15, 0.2) is 0 Å². The molecule has 0 aromatic carbocycles. The van der Waals surface area contributed by atoms with Crippen molar-refractivity contribution in [3.8, 4) is 0 Å². The molecule has 0 spiro atoms. The third kappa shape index (κ3) is 2.09. The first-order valence-corrected chi connectivity index (χ1v) is 8.75. The zero-order valence-electron chi connectivity index (χ0n) is 12.2. The quantitative estimate of drug-likeness (QED) is 0.758. The molecule has 4 bridgehead atoms. The maximum absolute atomic E-state index is 5.91. The molecule has 0 unspecified atom stereocenters. The third-order valence-electron chi connectivity index (χ3n) is 6.79. The first kappa shape index (κ1) is 12.4. The smallest absolute Gasteiger partial charge is 0.0109 e. The Labute approximate surface area is 118 Å². The van der Waals surface area contributed by atoms with Gasteiger partial charge >= 0.3 is 0 Å². The number of allylic oxidation sites excluding steroid dienone is 1. The minimum Gasteiger partial charge on any atom is -0.327 e. The second-order valence-electron chi connectivity index (χ2n) is 7.88. The summed E-state index contributed by atoms with van der Waals surface area (Å²) in [5.41, 5.74) is 7.74. The van der Waals surface area contributed by atoms with Crippen molar-refractivity contribution >= 4 is 0 Å². The standard InChI is InChI=1S/C18H29N/c19-6-5-17(14-3-1-2-4-14)18-15-8-12-7-13(10-15)11-16(18)9-12/h5,12-16,18H,1-4,6-11,19H2/b17-5+. The largest absolute Gasteiger partial charge is 0.327 e. The second-order valence-corrected chi connectivity index (χ2v) is 7.88. The lowest BCUT2D eigenvalue weighted by Crippen LogP contribution is -2.46. The van der Waals surface area contributed by atoms with Gasteiger partial charge in [-0.15, -0.1) is 0 Å².